The van der Waals surface area contributed by atoms with Gasteiger partial charge in [0.15, 0.2) is 0 Å². The molecule has 1 heterocycles. The molecule has 3 N–H and O–H groups in total. The Balaban J connectivity index is 2.39. The summed E-state index contributed by atoms with van der Waals surface area (Å²) >= 11 is 0. The third-order valence-electron chi connectivity index (χ3n) is 2.77. The van der Waals surface area contributed by atoms with Gasteiger partial charge in [0.05, 0.1) is 19.4 Å². The molecular weight excluding hydrogens is 235 g/mol. The van der Waals surface area contributed by atoms with Crippen LogP contribution in [0.2, 0.25) is 0 Å². The van der Waals surface area contributed by atoms with Gasteiger partial charge in [0.25, 0.3) is 0 Å². The lowest BCUT2D eigenvalue weighted by Gasteiger charge is -2.15. The number of nitrogens with one attached hydrogen (secondary N) is 1. The number of ether oxygens (including phenoxy) is 1. The van der Waals surface area contributed by atoms with Crippen molar-refractivity contribution in [3.63, 3.8) is 0 Å². The molecular formula is C13H15FN2O2. The van der Waals surface area contributed by atoms with Crippen molar-refractivity contribution in [3.8, 4) is 5.75 Å². The maximum Gasteiger partial charge on any atom is 0.132 e. The van der Waals surface area contributed by atoms with Gasteiger partial charge < -0.3 is 9.15 Å². The Bertz CT molecular complexity index is 540. The fourth-order valence-corrected chi connectivity index (χ4v) is 1.85. The smallest absolute Gasteiger partial charge is 0.132 e. The second kappa shape index (κ2) is 5.20. The van der Waals surface area contributed by atoms with Crippen molar-refractivity contribution in [2.75, 3.05) is 7.11 Å². The first kappa shape index (κ1) is 12.6. The topological polar surface area (TPSA) is 60.4 Å². The molecule has 2 aromatic rings. The van der Waals surface area contributed by atoms with Crippen LogP contribution in [0.25, 0.3) is 0 Å². The van der Waals surface area contributed by atoms with Crippen LogP contribution < -0.4 is 16.0 Å². The van der Waals surface area contributed by atoms with Gasteiger partial charge in [-0.05, 0) is 19.1 Å². The summed E-state index contributed by atoms with van der Waals surface area (Å²) in [6.45, 7) is 1.82. The lowest BCUT2D eigenvalue weighted by atomic mass is 10.0. The average molecular weight is 250 g/mol. The van der Waals surface area contributed by atoms with E-state index in [1.165, 1.54) is 13.2 Å². The molecule has 0 amide bonds. The monoisotopic (exact) mass is 250 g/mol. The lowest BCUT2D eigenvalue weighted by Crippen LogP contribution is -2.29. The van der Waals surface area contributed by atoms with Gasteiger partial charge in [-0.15, -0.1) is 0 Å². The van der Waals surface area contributed by atoms with Crippen LogP contribution in [0.3, 0.4) is 0 Å². The van der Waals surface area contributed by atoms with Crippen molar-refractivity contribution >= 4 is 0 Å². The Hall–Kier alpha value is -1.85. The number of hydrogen-bond donors (Lipinski definition) is 2. The highest BCUT2D eigenvalue weighted by Crippen LogP contribution is 2.27. The summed E-state index contributed by atoms with van der Waals surface area (Å²) < 4.78 is 24.1. The SMILES string of the molecule is COc1ccc(C(NN)c2coc(C)c2)c(F)c1. The molecule has 0 saturated carbocycles. The summed E-state index contributed by atoms with van der Waals surface area (Å²) in [7, 11) is 1.49. The van der Waals surface area contributed by atoms with Crippen LogP contribution in [0, 0.1) is 12.7 Å². The Morgan fingerprint density at radius 2 is 2.17 bits per heavy atom. The van der Waals surface area contributed by atoms with Crippen molar-refractivity contribution in [1.82, 2.24) is 5.43 Å². The number of furan rings is 1. The first-order chi connectivity index (χ1) is 8.65. The molecule has 0 aliphatic heterocycles. The molecule has 0 aliphatic rings. The van der Waals surface area contributed by atoms with E-state index in [1.54, 1.807) is 18.4 Å². The Morgan fingerprint density at radius 3 is 2.67 bits per heavy atom. The summed E-state index contributed by atoms with van der Waals surface area (Å²) in [6, 6.07) is 6.02. The molecule has 0 spiro atoms. The molecule has 1 aromatic carbocycles. The van der Waals surface area contributed by atoms with Crippen LogP contribution in [-0.4, -0.2) is 7.11 Å². The van der Waals surface area contributed by atoms with E-state index in [0.29, 0.717) is 11.3 Å². The molecule has 1 aromatic heterocycles. The minimum atomic E-state index is -0.451. The Kier molecular flexibility index (Phi) is 3.64. The molecule has 0 fully saturated rings. The number of methoxy groups -OCH3 is 1. The van der Waals surface area contributed by atoms with Crippen LogP contribution in [0.5, 0.6) is 5.75 Å². The van der Waals surface area contributed by atoms with Crippen molar-refractivity contribution < 1.29 is 13.5 Å². The summed E-state index contributed by atoms with van der Waals surface area (Å²) in [6.07, 6.45) is 1.56. The molecule has 18 heavy (non-hydrogen) atoms. The molecule has 0 saturated heterocycles. The molecule has 1 unspecified atom stereocenters. The predicted molar refractivity (Wildman–Crippen MR) is 65.6 cm³/mol. The number of benzene rings is 1. The van der Waals surface area contributed by atoms with E-state index < -0.39 is 6.04 Å². The van der Waals surface area contributed by atoms with Crippen LogP contribution in [0.4, 0.5) is 4.39 Å². The number of rotatable bonds is 4. The van der Waals surface area contributed by atoms with E-state index in [2.05, 4.69) is 5.43 Å². The van der Waals surface area contributed by atoms with E-state index in [0.717, 1.165) is 11.3 Å². The third-order valence-corrected chi connectivity index (χ3v) is 2.77. The zero-order chi connectivity index (χ0) is 13.1. The van der Waals surface area contributed by atoms with Gasteiger partial charge in [-0.3, -0.25) is 5.84 Å². The van der Waals surface area contributed by atoms with E-state index in [9.17, 15) is 4.39 Å². The molecule has 1 atom stereocenters. The van der Waals surface area contributed by atoms with E-state index in [-0.39, 0.29) is 5.82 Å². The van der Waals surface area contributed by atoms with Gasteiger partial charge in [-0.25, -0.2) is 9.82 Å². The first-order valence-electron chi connectivity index (χ1n) is 5.50. The van der Waals surface area contributed by atoms with Crippen molar-refractivity contribution in [3.05, 3.63) is 53.2 Å². The Morgan fingerprint density at radius 1 is 1.39 bits per heavy atom. The molecule has 0 radical (unpaired) electrons. The normalized spacial score (nSPS) is 12.4. The summed E-state index contributed by atoms with van der Waals surface area (Å²) in [5, 5.41) is 0. The maximum atomic E-state index is 14.0. The average Bonchev–Trinajstić information content (AvgIpc) is 2.78. The van der Waals surface area contributed by atoms with Crippen molar-refractivity contribution in [1.29, 1.82) is 0 Å². The van der Waals surface area contributed by atoms with E-state index >= 15 is 0 Å². The number of aryl methyl sites for hydroxylation is 1. The second-order valence-electron chi connectivity index (χ2n) is 3.98. The van der Waals surface area contributed by atoms with E-state index in [1.807, 2.05) is 13.0 Å². The van der Waals surface area contributed by atoms with Crippen LogP contribution in [-0.2, 0) is 0 Å². The summed E-state index contributed by atoms with van der Waals surface area (Å²) in [5.74, 6) is 6.33. The molecule has 96 valence electrons. The van der Waals surface area contributed by atoms with Crippen LogP contribution in [0.15, 0.2) is 34.9 Å². The lowest BCUT2D eigenvalue weighted by molar-refractivity contribution is 0.410. The molecule has 5 heteroatoms. The largest absolute Gasteiger partial charge is 0.497 e. The van der Waals surface area contributed by atoms with Crippen LogP contribution in [0.1, 0.15) is 22.9 Å². The zero-order valence-electron chi connectivity index (χ0n) is 10.2. The van der Waals surface area contributed by atoms with Crippen molar-refractivity contribution in [2.24, 2.45) is 5.84 Å². The summed E-state index contributed by atoms with van der Waals surface area (Å²) in [4.78, 5) is 0. The van der Waals surface area contributed by atoms with Gasteiger partial charge in [-0.1, -0.05) is 6.07 Å². The first-order valence-corrected chi connectivity index (χ1v) is 5.50. The minimum absolute atomic E-state index is 0.379. The van der Waals surface area contributed by atoms with Gasteiger partial charge in [0.2, 0.25) is 0 Å². The highest BCUT2D eigenvalue weighted by molar-refractivity contribution is 5.36. The second-order valence-corrected chi connectivity index (χ2v) is 3.98. The maximum absolute atomic E-state index is 14.0. The molecule has 0 aliphatic carbocycles. The van der Waals surface area contributed by atoms with Gasteiger partial charge in [0.1, 0.15) is 17.3 Å². The molecule has 4 nitrogen and oxygen atoms in total. The van der Waals surface area contributed by atoms with Gasteiger partial charge in [0, 0.05) is 17.2 Å². The summed E-state index contributed by atoms with van der Waals surface area (Å²) in [5.41, 5.74) is 3.81. The molecule has 0 bridgehead atoms. The van der Waals surface area contributed by atoms with Crippen molar-refractivity contribution in [2.45, 2.75) is 13.0 Å². The quantitative estimate of drug-likeness (QED) is 0.645. The third kappa shape index (κ3) is 2.37. The fourth-order valence-electron chi connectivity index (χ4n) is 1.85. The Labute approximate surface area is 105 Å². The fraction of sp³-hybridized carbons (Fsp3) is 0.231. The minimum Gasteiger partial charge on any atom is -0.497 e. The predicted octanol–water partition coefficient (Wildman–Crippen LogP) is 2.29. The van der Waals surface area contributed by atoms with Crippen LogP contribution >= 0.6 is 0 Å². The number of halogens is 1. The van der Waals surface area contributed by atoms with E-state index in [4.69, 9.17) is 15.0 Å². The van der Waals surface area contributed by atoms with Gasteiger partial charge in [-0.2, -0.15) is 0 Å². The standard InChI is InChI=1S/C13H15FN2O2/c1-8-5-9(7-18-8)13(16-15)11-4-3-10(17-2)6-12(11)14/h3-7,13,16H,15H2,1-2H3. The number of hydrogen-bond acceptors (Lipinski definition) is 4. The zero-order valence-corrected chi connectivity index (χ0v) is 10.2. The highest BCUT2D eigenvalue weighted by Gasteiger charge is 2.18. The molecule has 2 rings (SSSR count). The van der Waals surface area contributed by atoms with Gasteiger partial charge >= 0.3 is 0 Å². The highest BCUT2D eigenvalue weighted by atomic mass is 19.1. The number of nitrogens with two attached hydrogens (primary N) is 1. The number of hydrazine groups is 1.